The second kappa shape index (κ2) is 7.22. The third-order valence-electron chi connectivity index (χ3n) is 2.84. The number of rotatable bonds is 4. The number of benzene rings is 1. The monoisotopic (exact) mass is 368 g/mol. The van der Waals surface area contributed by atoms with Crippen molar-refractivity contribution in [2.75, 3.05) is 48.9 Å². The van der Waals surface area contributed by atoms with Crippen molar-refractivity contribution in [3.8, 4) is 0 Å². The molecule has 0 unspecified atom stereocenters. The quantitative estimate of drug-likeness (QED) is 0.867. The zero-order valence-electron chi connectivity index (χ0n) is 25.4. The first-order valence-corrected chi connectivity index (χ1v) is 6.60. The first-order chi connectivity index (χ1) is 16.8. The molecular formula is C16H19F2N3O4. The maximum absolute atomic E-state index is 15.3. The molecule has 0 spiro atoms. The summed E-state index contributed by atoms with van der Waals surface area (Å²) in [5, 5.41) is 1.60. The van der Waals surface area contributed by atoms with E-state index in [0.29, 0.717) is 0 Å². The van der Waals surface area contributed by atoms with Gasteiger partial charge >= 0.3 is 6.09 Å². The minimum absolute atomic E-state index is 0.157. The number of nitrogens with zero attached hydrogens (tertiary/aromatic N) is 2. The highest BCUT2D eigenvalue weighted by Crippen LogP contribution is 2.31. The topological polar surface area (TPSA) is 71.1 Å². The maximum atomic E-state index is 15.3. The summed E-state index contributed by atoms with van der Waals surface area (Å²) in [6, 6.07) is 0.313. The molecule has 0 aromatic heterocycles. The van der Waals surface area contributed by atoms with Crippen LogP contribution in [-0.2, 0) is 14.3 Å². The Hall–Kier alpha value is -2.42. The molecular weight excluding hydrogens is 336 g/mol. The summed E-state index contributed by atoms with van der Waals surface area (Å²) in [5.41, 5.74) is -2.72. The van der Waals surface area contributed by atoms with Crippen molar-refractivity contribution in [1.29, 1.82) is 0 Å². The van der Waals surface area contributed by atoms with Crippen LogP contribution in [0.1, 0.15) is 24.7 Å². The SMILES string of the molecule is [2H]C1([2H])OC([2H])([2H])C([2H])([2H])N(c2c(F)cc(N3C(=O)O[C@@]([2H])(C([2H])([2H])NC(C)=O)C3([2H])[2H])cc2F)C1([2H])[2H]. The number of ether oxygens (including phenoxy) is 2. The van der Waals surface area contributed by atoms with Crippen molar-refractivity contribution >= 4 is 23.4 Å². The summed E-state index contributed by atoms with van der Waals surface area (Å²) in [4.78, 5) is 23.2. The van der Waals surface area contributed by atoms with Crippen LogP contribution in [0, 0.1) is 11.6 Å². The van der Waals surface area contributed by atoms with Gasteiger partial charge in [0.2, 0.25) is 5.91 Å². The molecule has 1 aromatic rings. The molecule has 0 aliphatic carbocycles. The van der Waals surface area contributed by atoms with Crippen LogP contribution in [0.4, 0.5) is 25.0 Å². The number of hydrogen-bond donors (Lipinski definition) is 1. The van der Waals surface area contributed by atoms with Gasteiger partial charge in [-0.3, -0.25) is 9.69 Å². The molecule has 0 saturated carbocycles. The van der Waals surface area contributed by atoms with E-state index < -0.39 is 85.1 Å². The minimum atomic E-state index is -3.74. The van der Waals surface area contributed by atoms with E-state index in [2.05, 4.69) is 9.47 Å². The van der Waals surface area contributed by atoms with Gasteiger partial charge in [0.05, 0.1) is 49.6 Å². The van der Waals surface area contributed by atoms with Gasteiger partial charge in [-0.2, -0.15) is 0 Å². The molecule has 2 heterocycles. The molecule has 3 rings (SSSR count). The lowest BCUT2D eigenvalue weighted by molar-refractivity contribution is -0.119. The third-order valence-corrected chi connectivity index (χ3v) is 2.84. The van der Waals surface area contributed by atoms with E-state index in [1.807, 2.05) is 0 Å². The van der Waals surface area contributed by atoms with Crippen LogP contribution >= 0.6 is 0 Å². The van der Waals surface area contributed by atoms with Crippen molar-refractivity contribution < 1.29 is 45.7 Å². The number of cyclic esters (lactones) is 1. The molecule has 2 saturated heterocycles. The molecule has 2 aliphatic heterocycles. The molecule has 2 fully saturated rings. The van der Waals surface area contributed by atoms with Crippen LogP contribution in [0.5, 0.6) is 0 Å². The molecule has 0 bridgehead atoms. The van der Waals surface area contributed by atoms with E-state index in [1.54, 1.807) is 5.32 Å². The average Bonchev–Trinajstić information content (AvgIpc) is 2.86. The molecule has 136 valence electrons. The highest BCUT2D eigenvalue weighted by Gasteiger charge is 2.33. The van der Waals surface area contributed by atoms with E-state index in [4.69, 9.17) is 17.8 Å². The molecule has 2 amide bonds. The van der Waals surface area contributed by atoms with Crippen molar-refractivity contribution in [2.24, 2.45) is 0 Å². The predicted molar refractivity (Wildman–Crippen MR) is 85.7 cm³/mol. The van der Waals surface area contributed by atoms with E-state index >= 15 is 8.78 Å². The van der Waals surface area contributed by atoms with E-state index in [9.17, 15) is 9.59 Å². The van der Waals surface area contributed by atoms with Crippen LogP contribution in [0.2, 0.25) is 0 Å². The average molecular weight is 368 g/mol. The van der Waals surface area contributed by atoms with Gasteiger partial charge in [0.1, 0.15) is 11.8 Å². The van der Waals surface area contributed by atoms with Gasteiger partial charge in [0.15, 0.2) is 11.6 Å². The zero-order chi connectivity index (χ0) is 29.7. The lowest BCUT2D eigenvalue weighted by Gasteiger charge is -2.29. The Morgan fingerprint density at radius 3 is 2.68 bits per heavy atom. The van der Waals surface area contributed by atoms with Crippen LogP contribution < -0.4 is 15.1 Å². The second-order valence-electron chi connectivity index (χ2n) is 4.57. The summed E-state index contributed by atoms with van der Waals surface area (Å²) in [6.07, 6.45) is -5.35. The summed E-state index contributed by atoms with van der Waals surface area (Å²) in [6.45, 7) is -20.9. The highest BCUT2D eigenvalue weighted by atomic mass is 19.1. The molecule has 25 heavy (non-hydrogen) atoms. The Bertz CT molecular complexity index is 1150. The maximum Gasteiger partial charge on any atom is 0.414 e. The molecule has 9 heteroatoms. The summed E-state index contributed by atoms with van der Waals surface area (Å²) < 4.78 is 142. The Morgan fingerprint density at radius 1 is 1.44 bits per heavy atom. The molecule has 7 nitrogen and oxygen atoms in total. The predicted octanol–water partition coefficient (Wildman–Crippen LogP) is 1.26. The summed E-state index contributed by atoms with van der Waals surface area (Å²) in [5.74, 6) is -4.95. The molecule has 1 N–H and O–H groups in total. The largest absolute Gasteiger partial charge is 0.442 e. The minimum Gasteiger partial charge on any atom is -0.442 e. The van der Waals surface area contributed by atoms with Gasteiger partial charge in [-0.1, -0.05) is 0 Å². The number of carbonyl (C=O) groups is 2. The van der Waals surface area contributed by atoms with Crippen molar-refractivity contribution in [3.05, 3.63) is 23.8 Å². The first-order valence-electron chi connectivity index (χ1n) is 13.1. The summed E-state index contributed by atoms with van der Waals surface area (Å²) >= 11 is 0. The lowest BCUT2D eigenvalue weighted by Crippen LogP contribution is -2.37. The Morgan fingerprint density at radius 2 is 2.08 bits per heavy atom. The second-order valence-corrected chi connectivity index (χ2v) is 4.57. The van der Waals surface area contributed by atoms with E-state index in [1.165, 1.54) is 0 Å². The smallest absolute Gasteiger partial charge is 0.414 e. The van der Waals surface area contributed by atoms with Crippen molar-refractivity contribution in [1.82, 2.24) is 5.32 Å². The van der Waals surface area contributed by atoms with Crippen molar-refractivity contribution in [3.63, 3.8) is 0 Å². The lowest BCUT2D eigenvalue weighted by atomic mass is 10.2. The van der Waals surface area contributed by atoms with Crippen LogP contribution in [0.25, 0.3) is 0 Å². The van der Waals surface area contributed by atoms with E-state index in [-0.39, 0.29) is 17.0 Å². The fourth-order valence-corrected chi connectivity index (χ4v) is 1.87. The van der Waals surface area contributed by atoms with Crippen LogP contribution in [0.15, 0.2) is 12.1 Å². The van der Waals surface area contributed by atoms with Crippen LogP contribution in [0.3, 0.4) is 0 Å². The number of hydrogen-bond acceptors (Lipinski definition) is 5. The molecule has 0 radical (unpaired) electrons. The number of carbonyl (C=O) groups excluding carboxylic acids is 2. The van der Waals surface area contributed by atoms with Gasteiger partial charge in [0, 0.05) is 32.1 Å². The van der Waals surface area contributed by atoms with Crippen LogP contribution in [-0.4, -0.2) is 57.2 Å². The number of morpholine rings is 1. The standard InChI is InChI=1S/C16H19F2N3O4/c1-10(22)19-8-12-9-21(16(23)25-12)11-6-13(17)15(14(18)7-11)20-2-4-24-5-3-20/h6-7,12H,2-5,8-9H2,1H3,(H,19,22)/t12-/m0/s1/i2D2,3D2,4D2,5D2,8D2,9D2,12D. The molecule has 1 atom stereocenters. The third kappa shape index (κ3) is 3.81. The Labute approximate surface area is 161 Å². The van der Waals surface area contributed by atoms with Gasteiger partial charge in [-0.05, 0) is 0 Å². The fraction of sp³-hybridized carbons (Fsp3) is 0.500. The first kappa shape index (κ1) is 7.45. The number of amides is 2. The summed E-state index contributed by atoms with van der Waals surface area (Å²) in [7, 11) is 0. The fourth-order valence-electron chi connectivity index (χ4n) is 1.87. The number of nitrogens with one attached hydrogen (secondary N) is 1. The van der Waals surface area contributed by atoms with Gasteiger partial charge in [0.25, 0.3) is 0 Å². The number of anilines is 2. The zero-order valence-corrected chi connectivity index (χ0v) is 12.4. The van der Waals surface area contributed by atoms with Gasteiger partial charge < -0.3 is 19.7 Å². The normalized spacial score (nSPS) is 41.9. The molecule has 2 aliphatic rings. The van der Waals surface area contributed by atoms with Gasteiger partial charge in [-0.25, -0.2) is 13.6 Å². The Balaban J connectivity index is 2.18. The van der Waals surface area contributed by atoms with E-state index in [0.717, 1.165) is 6.92 Å². The van der Waals surface area contributed by atoms with Crippen molar-refractivity contribution in [2.45, 2.75) is 13.0 Å². The van der Waals surface area contributed by atoms with Gasteiger partial charge in [-0.15, -0.1) is 0 Å². The molecule has 1 aromatic carbocycles. The Kier molecular flexibility index (Phi) is 2.15. The number of halogens is 2. The highest BCUT2D eigenvalue weighted by molar-refractivity contribution is 5.90.